The highest BCUT2D eigenvalue weighted by Gasteiger charge is 2.19. The number of piperidine rings is 1. The van der Waals surface area contributed by atoms with Gasteiger partial charge in [-0.2, -0.15) is 0 Å². The van der Waals surface area contributed by atoms with E-state index in [0.717, 1.165) is 25.1 Å². The Labute approximate surface area is 84.5 Å². The van der Waals surface area contributed by atoms with Gasteiger partial charge in [0, 0.05) is 17.8 Å². The third kappa shape index (κ3) is 2.05. The van der Waals surface area contributed by atoms with Gasteiger partial charge >= 0.3 is 0 Å². The molecule has 0 amide bonds. The van der Waals surface area contributed by atoms with E-state index in [1.54, 1.807) is 0 Å². The van der Waals surface area contributed by atoms with E-state index in [9.17, 15) is 0 Å². The van der Waals surface area contributed by atoms with Gasteiger partial charge in [0.2, 0.25) is 0 Å². The first-order valence-corrected chi connectivity index (χ1v) is 5.10. The lowest BCUT2D eigenvalue weighted by molar-refractivity contribution is 0.369. The van der Waals surface area contributed by atoms with E-state index in [0.29, 0.717) is 12.1 Å². The molecule has 0 bridgehead atoms. The Kier molecular flexibility index (Phi) is 2.70. The van der Waals surface area contributed by atoms with Gasteiger partial charge < -0.3 is 16.8 Å². The van der Waals surface area contributed by atoms with Crippen LogP contribution in [0.15, 0.2) is 24.3 Å². The highest BCUT2D eigenvalue weighted by molar-refractivity contribution is 5.41. The summed E-state index contributed by atoms with van der Waals surface area (Å²) < 4.78 is 0. The molecule has 2 atom stereocenters. The minimum Gasteiger partial charge on any atom is -0.399 e. The van der Waals surface area contributed by atoms with Crippen molar-refractivity contribution >= 4 is 5.69 Å². The Morgan fingerprint density at radius 1 is 1.36 bits per heavy atom. The van der Waals surface area contributed by atoms with Gasteiger partial charge in [-0.3, -0.25) is 0 Å². The standard InChI is InChI=1S/C11H17N3/c12-9-3-1-2-8(6-9)11-7-10(13)4-5-14-11/h1-3,6,10-11,14H,4-5,7,12-13H2. The summed E-state index contributed by atoms with van der Waals surface area (Å²) in [6, 6.07) is 8.73. The SMILES string of the molecule is Nc1cccc(C2CC(N)CCN2)c1. The maximum absolute atomic E-state index is 5.93. The number of rotatable bonds is 1. The zero-order valence-electron chi connectivity index (χ0n) is 8.24. The summed E-state index contributed by atoms with van der Waals surface area (Å²) in [4.78, 5) is 0. The summed E-state index contributed by atoms with van der Waals surface area (Å²) >= 11 is 0. The molecule has 1 aromatic carbocycles. The van der Waals surface area contributed by atoms with Crippen LogP contribution < -0.4 is 16.8 Å². The molecule has 1 aromatic rings. The third-order valence-electron chi connectivity index (χ3n) is 2.76. The minimum atomic E-state index is 0.322. The Morgan fingerprint density at radius 2 is 2.21 bits per heavy atom. The predicted molar refractivity (Wildman–Crippen MR) is 58.8 cm³/mol. The lowest BCUT2D eigenvalue weighted by Crippen LogP contribution is -2.38. The van der Waals surface area contributed by atoms with Gasteiger partial charge in [0.15, 0.2) is 0 Å². The molecule has 0 saturated carbocycles. The zero-order chi connectivity index (χ0) is 9.97. The van der Waals surface area contributed by atoms with Crippen LogP contribution in [0.5, 0.6) is 0 Å². The molecule has 0 aliphatic carbocycles. The highest BCUT2D eigenvalue weighted by atomic mass is 14.9. The zero-order valence-corrected chi connectivity index (χ0v) is 8.24. The van der Waals surface area contributed by atoms with Gasteiger partial charge in [0.25, 0.3) is 0 Å². The van der Waals surface area contributed by atoms with Crippen molar-refractivity contribution in [1.29, 1.82) is 0 Å². The fourth-order valence-corrected chi connectivity index (χ4v) is 1.98. The summed E-state index contributed by atoms with van der Waals surface area (Å²) in [6.45, 7) is 1.00. The number of nitrogen functional groups attached to an aromatic ring is 1. The van der Waals surface area contributed by atoms with Gasteiger partial charge in [-0.1, -0.05) is 12.1 Å². The Bertz CT molecular complexity index is 311. The molecule has 1 aliphatic rings. The highest BCUT2D eigenvalue weighted by Crippen LogP contribution is 2.23. The van der Waals surface area contributed by atoms with E-state index in [1.807, 2.05) is 18.2 Å². The molecular formula is C11H17N3. The number of anilines is 1. The normalized spacial score (nSPS) is 27.5. The smallest absolute Gasteiger partial charge is 0.0335 e. The van der Waals surface area contributed by atoms with Crippen LogP contribution in [0.25, 0.3) is 0 Å². The molecule has 2 rings (SSSR count). The molecule has 1 fully saturated rings. The molecule has 5 N–H and O–H groups in total. The first kappa shape index (κ1) is 9.49. The maximum Gasteiger partial charge on any atom is 0.0335 e. The van der Waals surface area contributed by atoms with Crippen LogP contribution >= 0.6 is 0 Å². The first-order valence-electron chi connectivity index (χ1n) is 5.10. The summed E-state index contributed by atoms with van der Waals surface area (Å²) in [5.41, 5.74) is 13.7. The first-order chi connectivity index (χ1) is 6.75. The number of hydrogen-bond donors (Lipinski definition) is 3. The molecule has 0 radical (unpaired) electrons. The van der Waals surface area contributed by atoms with Crippen LogP contribution in [-0.4, -0.2) is 12.6 Å². The number of nitrogens with two attached hydrogens (primary N) is 2. The van der Waals surface area contributed by atoms with Crippen LogP contribution in [0.4, 0.5) is 5.69 Å². The average molecular weight is 191 g/mol. The second-order valence-electron chi connectivity index (χ2n) is 3.96. The van der Waals surface area contributed by atoms with E-state index in [4.69, 9.17) is 11.5 Å². The van der Waals surface area contributed by atoms with Crippen LogP contribution in [0.1, 0.15) is 24.4 Å². The van der Waals surface area contributed by atoms with E-state index in [-0.39, 0.29) is 0 Å². The Balaban J connectivity index is 2.14. The number of nitrogens with one attached hydrogen (secondary N) is 1. The van der Waals surface area contributed by atoms with Crippen molar-refractivity contribution in [1.82, 2.24) is 5.32 Å². The molecule has 1 saturated heterocycles. The Hall–Kier alpha value is -1.06. The van der Waals surface area contributed by atoms with Crippen molar-refractivity contribution in [3.8, 4) is 0 Å². The summed E-state index contributed by atoms with van der Waals surface area (Å²) in [6.07, 6.45) is 2.07. The van der Waals surface area contributed by atoms with Gasteiger partial charge in [0.1, 0.15) is 0 Å². The van der Waals surface area contributed by atoms with E-state index in [1.165, 1.54) is 5.56 Å². The summed E-state index contributed by atoms with van der Waals surface area (Å²) in [5.74, 6) is 0. The molecule has 3 nitrogen and oxygen atoms in total. The van der Waals surface area contributed by atoms with Crippen LogP contribution in [0.2, 0.25) is 0 Å². The number of hydrogen-bond acceptors (Lipinski definition) is 3. The van der Waals surface area contributed by atoms with Crippen molar-refractivity contribution in [3.63, 3.8) is 0 Å². The van der Waals surface area contributed by atoms with Crippen molar-refractivity contribution < 1.29 is 0 Å². The molecule has 1 heterocycles. The van der Waals surface area contributed by atoms with Gasteiger partial charge in [-0.05, 0) is 37.1 Å². The molecule has 76 valence electrons. The molecule has 0 aromatic heterocycles. The van der Waals surface area contributed by atoms with Gasteiger partial charge in [-0.25, -0.2) is 0 Å². The molecular weight excluding hydrogens is 174 g/mol. The predicted octanol–water partition coefficient (Wildman–Crippen LogP) is 1.02. The fraction of sp³-hybridized carbons (Fsp3) is 0.455. The summed E-state index contributed by atoms with van der Waals surface area (Å²) in [5, 5.41) is 3.46. The van der Waals surface area contributed by atoms with Crippen molar-refractivity contribution in [2.45, 2.75) is 24.9 Å². The monoisotopic (exact) mass is 191 g/mol. The molecule has 0 spiro atoms. The Morgan fingerprint density at radius 3 is 2.93 bits per heavy atom. The maximum atomic E-state index is 5.93. The van der Waals surface area contributed by atoms with Crippen LogP contribution in [0, 0.1) is 0 Å². The van der Waals surface area contributed by atoms with Crippen LogP contribution in [-0.2, 0) is 0 Å². The van der Waals surface area contributed by atoms with Crippen LogP contribution in [0.3, 0.4) is 0 Å². The molecule has 2 unspecified atom stereocenters. The largest absolute Gasteiger partial charge is 0.399 e. The van der Waals surface area contributed by atoms with E-state index < -0.39 is 0 Å². The van der Waals surface area contributed by atoms with Crippen molar-refractivity contribution in [3.05, 3.63) is 29.8 Å². The van der Waals surface area contributed by atoms with Gasteiger partial charge in [-0.15, -0.1) is 0 Å². The number of benzene rings is 1. The quantitative estimate of drug-likeness (QED) is 0.581. The lowest BCUT2D eigenvalue weighted by atomic mass is 9.94. The molecule has 14 heavy (non-hydrogen) atoms. The van der Waals surface area contributed by atoms with Crippen molar-refractivity contribution in [2.24, 2.45) is 5.73 Å². The minimum absolute atomic E-state index is 0.322. The fourth-order valence-electron chi connectivity index (χ4n) is 1.98. The van der Waals surface area contributed by atoms with Crippen molar-refractivity contribution in [2.75, 3.05) is 12.3 Å². The molecule has 3 heteroatoms. The van der Waals surface area contributed by atoms with E-state index >= 15 is 0 Å². The second kappa shape index (κ2) is 3.98. The second-order valence-corrected chi connectivity index (χ2v) is 3.96. The molecule has 1 aliphatic heterocycles. The lowest BCUT2D eigenvalue weighted by Gasteiger charge is -2.28. The van der Waals surface area contributed by atoms with Gasteiger partial charge in [0.05, 0.1) is 0 Å². The average Bonchev–Trinajstić information content (AvgIpc) is 2.18. The third-order valence-corrected chi connectivity index (χ3v) is 2.76. The summed E-state index contributed by atoms with van der Waals surface area (Å²) in [7, 11) is 0. The van der Waals surface area contributed by atoms with E-state index in [2.05, 4.69) is 11.4 Å². The topological polar surface area (TPSA) is 64.1 Å².